The molecule has 0 amide bonds. The van der Waals surface area contributed by atoms with Crippen molar-refractivity contribution in [3.05, 3.63) is 70.8 Å². The molecule has 1 fully saturated rings. The summed E-state index contributed by atoms with van der Waals surface area (Å²) in [5, 5.41) is 0. The topological polar surface area (TPSA) is 29.3 Å². The summed E-state index contributed by atoms with van der Waals surface area (Å²) >= 11 is 0. The van der Waals surface area contributed by atoms with Crippen LogP contribution in [0.3, 0.4) is 0 Å². The molecule has 25 heavy (non-hydrogen) atoms. The van der Waals surface area contributed by atoms with Gasteiger partial charge < -0.3 is 5.73 Å². The SMILES string of the molecule is Cc1ccc(CN2CC(N)CC(c3ccc(C(C)(C)C)cc3)C2)cc1. The average molecular weight is 337 g/mol. The number of likely N-dealkylation sites (tertiary alicyclic amines) is 1. The lowest BCUT2D eigenvalue weighted by molar-refractivity contribution is 0.181. The average Bonchev–Trinajstić information content (AvgIpc) is 2.56. The molecule has 134 valence electrons. The van der Waals surface area contributed by atoms with E-state index in [0.717, 1.165) is 26.1 Å². The number of hydrogen-bond donors (Lipinski definition) is 1. The number of nitrogens with zero attached hydrogens (tertiary/aromatic N) is 1. The largest absolute Gasteiger partial charge is 0.327 e. The minimum absolute atomic E-state index is 0.207. The Morgan fingerprint density at radius 1 is 0.960 bits per heavy atom. The fraction of sp³-hybridized carbons (Fsp3) is 0.478. The third-order valence-electron chi connectivity index (χ3n) is 5.33. The van der Waals surface area contributed by atoms with E-state index in [1.165, 1.54) is 22.3 Å². The Balaban J connectivity index is 1.70. The molecule has 2 N–H and O–H groups in total. The predicted molar refractivity (Wildman–Crippen MR) is 107 cm³/mol. The number of rotatable bonds is 3. The molecule has 0 spiro atoms. The third-order valence-corrected chi connectivity index (χ3v) is 5.33. The van der Waals surface area contributed by atoms with Crippen LogP contribution in [-0.2, 0) is 12.0 Å². The summed E-state index contributed by atoms with van der Waals surface area (Å²) in [5.41, 5.74) is 12.1. The smallest absolute Gasteiger partial charge is 0.0234 e. The van der Waals surface area contributed by atoms with Crippen molar-refractivity contribution in [2.75, 3.05) is 13.1 Å². The van der Waals surface area contributed by atoms with Gasteiger partial charge in [0.05, 0.1) is 0 Å². The van der Waals surface area contributed by atoms with E-state index in [9.17, 15) is 0 Å². The molecular formula is C23H32N2. The summed E-state index contributed by atoms with van der Waals surface area (Å²) in [5.74, 6) is 0.531. The van der Waals surface area contributed by atoms with E-state index in [2.05, 4.69) is 81.1 Å². The number of benzene rings is 2. The zero-order valence-electron chi connectivity index (χ0n) is 16.1. The molecule has 2 nitrogen and oxygen atoms in total. The number of hydrogen-bond acceptors (Lipinski definition) is 2. The fourth-order valence-electron chi connectivity index (χ4n) is 3.81. The van der Waals surface area contributed by atoms with Crippen LogP contribution in [0.25, 0.3) is 0 Å². The minimum atomic E-state index is 0.207. The molecule has 3 rings (SSSR count). The van der Waals surface area contributed by atoms with Crippen molar-refractivity contribution in [3.8, 4) is 0 Å². The maximum absolute atomic E-state index is 6.39. The van der Waals surface area contributed by atoms with Crippen LogP contribution in [0.1, 0.15) is 55.4 Å². The molecule has 0 aromatic heterocycles. The van der Waals surface area contributed by atoms with Crippen LogP contribution in [0.4, 0.5) is 0 Å². The quantitative estimate of drug-likeness (QED) is 0.887. The van der Waals surface area contributed by atoms with Gasteiger partial charge >= 0.3 is 0 Å². The summed E-state index contributed by atoms with van der Waals surface area (Å²) in [7, 11) is 0. The first-order valence-corrected chi connectivity index (χ1v) is 9.45. The second-order valence-corrected chi connectivity index (χ2v) is 8.74. The van der Waals surface area contributed by atoms with Gasteiger partial charge in [-0.2, -0.15) is 0 Å². The number of aryl methyl sites for hydroxylation is 1. The van der Waals surface area contributed by atoms with Gasteiger partial charge in [0, 0.05) is 25.7 Å². The van der Waals surface area contributed by atoms with Gasteiger partial charge in [0.1, 0.15) is 0 Å². The van der Waals surface area contributed by atoms with Gasteiger partial charge in [-0.1, -0.05) is 74.9 Å². The second-order valence-electron chi connectivity index (χ2n) is 8.74. The predicted octanol–water partition coefficient (Wildman–Crippen LogP) is 4.61. The van der Waals surface area contributed by atoms with E-state index in [1.54, 1.807) is 0 Å². The molecule has 1 heterocycles. The van der Waals surface area contributed by atoms with Gasteiger partial charge in [0.2, 0.25) is 0 Å². The molecule has 2 heteroatoms. The lowest BCUT2D eigenvalue weighted by atomic mass is 9.83. The van der Waals surface area contributed by atoms with Crippen molar-refractivity contribution in [1.29, 1.82) is 0 Å². The maximum atomic E-state index is 6.39. The molecule has 0 bridgehead atoms. The first-order chi connectivity index (χ1) is 11.8. The first kappa shape index (κ1) is 18.2. The molecule has 1 aliphatic rings. The van der Waals surface area contributed by atoms with Gasteiger partial charge in [-0.15, -0.1) is 0 Å². The minimum Gasteiger partial charge on any atom is -0.327 e. The Bertz CT molecular complexity index is 680. The van der Waals surface area contributed by atoms with Crippen molar-refractivity contribution < 1.29 is 0 Å². The normalized spacial score (nSPS) is 22.1. The summed E-state index contributed by atoms with van der Waals surface area (Å²) in [4.78, 5) is 2.52. The zero-order chi connectivity index (χ0) is 18.0. The Morgan fingerprint density at radius 2 is 1.60 bits per heavy atom. The van der Waals surface area contributed by atoms with Crippen molar-refractivity contribution in [2.45, 2.75) is 58.0 Å². The zero-order valence-corrected chi connectivity index (χ0v) is 16.1. The Hall–Kier alpha value is -1.64. The van der Waals surface area contributed by atoms with Crippen molar-refractivity contribution in [3.63, 3.8) is 0 Å². The highest BCUT2D eigenvalue weighted by atomic mass is 15.1. The molecule has 1 saturated heterocycles. The molecule has 2 aromatic carbocycles. The maximum Gasteiger partial charge on any atom is 0.0234 e. The molecule has 2 unspecified atom stereocenters. The van der Waals surface area contributed by atoms with Crippen LogP contribution in [-0.4, -0.2) is 24.0 Å². The fourth-order valence-corrected chi connectivity index (χ4v) is 3.81. The van der Waals surface area contributed by atoms with Crippen LogP contribution in [0.2, 0.25) is 0 Å². The number of nitrogens with two attached hydrogens (primary N) is 1. The van der Waals surface area contributed by atoms with E-state index in [4.69, 9.17) is 5.73 Å². The van der Waals surface area contributed by atoms with Gasteiger partial charge in [0.15, 0.2) is 0 Å². The highest BCUT2D eigenvalue weighted by molar-refractivity contribution is 5.30. The summed E-state index contributed by atoms with van der Waals surface area (Å²) in [6.45, 7) is 12.0. The van der Waals surface area contributed by atoms with E-state index in [-0.39, 0.29) is 11.5 Å². The van der Waals surface area contributed by atoms with E-state index in [0.29, 0.717) is 5.92 Å². The van der Waals surface area contributed by atoms with Crippen LogP contribution in [0.15, 0.2) is 48.5 Å². The van der Waals surface area contributed by atoms with Gasteiger partial charge in [0.25, 0.3) is 0 Å². The summed E-state index contributed by atoms with van der Waals surface area (Å²) in [6, 6.07) is 18.3. The molecule has 2 aromatic rings. The standard InChI is InChI=1S/C23H32N2/c1-17-5-7-18(8-6-17)14-25-15-20(13-22(24)16-25)19-9-11-21(12-10-19)23(2,3)4/h5-12,20,22H,13-16,24H2,1-4H3. The lowest BCUT2D eigenvalue weighted by Crippen LogP contribution is -2.45. The molecule has 0 aliphatic carbocycles. The van der Waals surface area contributed by atoms with Crippen LogP contribution >= 0.6 is 0 Å². The molecular weight excluding hydrogens is 304 g/mol. The molecule has 0 saturated carbocycles. The van der Waals surface area contributed by atoms with E-state index < -0.39 is 0 Å². The van der Waals surface area contributed by atoms with Crippen molar-refractivity contribution >= 4 is 0 Å². The second kappa shape index (κ2) is 7.31. The van der Waals surface area contributed by atoms with Gasteiger partial charge in [-0.05, 0) is 41.4 Å². The Kier molecular flexibility index (Phi) is 5.31. The van der Waals surface area contributed by atoms with Gasteiger partial charge in [-0.25, -0.2) is 0 Å². The highest BCUT2D eigenvalue weighted by Crippen LogP contribution is 2.30. The first-order valence-electron chi connectivity index (χ1n) is 9.45. The lowest BCUT2D eigenvalue weighted by Gasteiger charge is -2.37. The van der Waals surface area contributed by atoms with E-state index >= 15 is 0 Å². The van der Waals surface area contributed by atoms with Crippen LogP contribution in [0.5, 0.6) is 0 Å². The Morgan fingerprint density at radius 3 is 2.20 bits per heavy atom. The number of piperidine rings is 1. The molecule has 2 atom stereocenters. The van der Waals surface area contributed by atoms with Gasteiger partial charge in [-0.3, -0.25) is 4.90 Å². The Labute approximate surface area is 153 Å². The van der Waals surface area contributed by atoms with Crippen LogP contribution in [0, 0.1) is 6.92 Å². The van der Waals surface area contributed by atoms with Crippen LogP contribution < -0.4 is 5.73 Å². The van der Waals surface area contributed by atoms with Crippen molar-refractivity contribution in [1.82, 2.24) is 4.90 Å². The molecule has 1 aliphatic heterocycles. The highest BCUT2D eigenvalue weighted by Gasteiger charge is 2.26. The monoisotopic (exact) mass is 336 g/mol. The molecule has 0 radical (unpaired) electrons. The van der Waals surface area contributed by atoms with Crippen molar-refractivity contribution in [2.24, 2.45) is 5.73 Å². The summed E-state index contributed by atoms with van der Waals surface area (Å²) < 4.78 is 0. The van der Waals surface area contributed by atoms with E-state index in [1.807, 2.05) is 0 Å². The third kappa shape index (κ3) is 4.71. The summed E-state index contributed by atoms with van der Waals surface area (Å²) in [6.07, 6.45) is 1.08.